The van der Waals surface area contributed by atoms with Crippen LogP contribution < -0.4 is 4.73 Å². The zero-order valence-corrected chi connectivity index (χ0v) is 11.8. The number of pyridine rings is 1. The van der Waals surface area contributed by atoms with E-state index in [2.05, 4.69) is 0 Å². The van der Waals surface area contributed by atoms with Gasteiger partial charge >= 0.3 is 5.97 Å². The summed E-state index contributed by atoms with van der Waals surface area (Å²) in [4.78, 5) is 12.2. The molecule has 0 N–H and O–H groups in total. The Morgan fingerprint density at radius 3 is 2.50 bits per heavy atom. The Morgan fingerprint density at radius 2 is 1.90 bits per heavy atom. The van der Waals surface area contributed by atoms with Gasteiger partial charge in [-0.2, -0.15) is 4.73 Å². The molecule has 0 aliphatic carbocycles. The first-order chi connectivity index (χ1) is 9.56. The minimum Gasteiger partial charge on any atom is -0.618 e. The molecule has 104 valence electrons. The number of hydrogen-bond acceptors (Lipinski definition) is 3. The SMILES string of the molecule is CCOC(=O)c1c(-c2ccccc2)c(C)c[n+]([O-])c1C. The molecule has 1 heterocycles. The topological polar surface area (TPSA) is 53.2 Å². The number of carbonyl (C=O) groups excluding carboxylic acids is 1. The van der Waals surface area contributed by atoms with Gasteiger partial charge in [0.1, 0.15) is 5.56 Å². The van der Waals surface area contributed by atoms with Gasteiger partial charge in [0, 0.05) is 18.1 Å². The summed E-state index contributed by atoms with van der Waals surface area (Å²) in [6, 6.07) is 9.54. The molecule has 0 fully saturated rings. The molecule has 0 saturated carbocycles. The third-order valence-electron chi connectivity index (χ3n) is 3.19. The Kier molecular flexibility index (Phi) is 4.03. The maximum Gasteiger partial charge on any atom is 0.345 e. The molecule has 2 aromatic rings. The van der Waals surface area contributed by atoms with Crippen molar-refractivity contribution in [2.24, 2.45) is 0 Å². The first kappa shape index (κ1) is 14.1. The minimum absolute atomic E-state index is 0.277. The van der Waals surface area contributed by atoms with Gasteiger partial charge in [0.05, 0.1) is 6.61 Å². The van der Waals surface area contributed by atoms with E-state index in [-0.39, 0.29) is 6.61 Å². The molecule has 0 unspecified atom stereocenters. The number of aromatic nitrogens is 1. The molecule has 20 heavy (non-hydrogen) atoms. The van der Waals surface area contributed by atoms with E-state index in [1.54, 1.807) is 13.8 Å². The van der Waals surface area contributed by atoms with Crippen LogP contribution in [-0.2, 0) is 4.74 Å². The number of hydrogen-bond donors (Lipinski definition) is 0. The van der Waals surface area contributed by atoms with Crippen LogP contribution in [0.5, 0.6) is 0 Å². The quantitative estimate of drug-likeness (QED) is 0.490. The number of nitrogens with zero attached hydrogens (tertiary/aromatic N) is 1. The van der Waals surface area contributed by atoms with Gasteiger partial charge in [-0.05, 0) is 19.4 Å². The second kappa shape index (κ2) is 5.74. The zero-order valence-electron chi connectivity index (χ0n) is 11.8. The van der Waals surface area contributed by atoms with Gasteiger partial charge in [-0.15, -0.1) is 0 Å². The normalized spacial score (nSPS) is 10.3. The third kappa shape index (κ3) is 2.50. The van der Waals surface area contributed by atoms with E-state index in [0.29, 0.717) is 16.0 Å². The number of aryl methyl sites for hydroxylation is 1. The Bertz CT molecular complexity index is 636. The van der Waals surface area contributed by atoms with Gasteiger partial charge in [-0.1, -0.05) is 30.3 Å². The first-order valence-electron chi connectivity index (χ1n) is 6.52. The van der Waals surface area contributed by atoms with E-state index in [1.807, 2.05) is 37.3 Å². The lowest BCUT2D eigenvalue weighted by atomic mass is 9.95. The number of carbonyl (C=O) groups is 1. The molecule has 0 atom stereocenters. The van der Waals surface area contributed by atoms with Gasteiger partial charge in [-0.25, -0.2) is 4.79 Å². The zero-order chi connectivity index (χ0) is 14.7. The second-order valence-corrected chi connectivity index (χ2v) is 4.56. The summed E-state index contributed by atoms with van der Waals surface area (Å²) in [5.41, 5.74) is 3.10. The second-order valence-electron chi connectivity index (χ2n) is 4.56. The molecule has 0 amide bonds. The Labute approximate surface area is 118 Å². The predicted octanol–water partition coefficient (Wildman–Crippen LogP) is 2.78. The average molecular weight is 271 g/mol. The van der Waals surface area contributed by atoms with Crippen molar-refractivity contribution in [1.29, 1.82) is 0 Å². The molecular formula is C16H17NO3. The van der Waals surface area contributed by atoms with Gasteiger partial charge in [0.25, 0.3) is 0 Å². The fourth-order valence-corrected chi connectivity index (χ4v) is 2.26. The lowest BCUT2D eigenvalue weighted by molar-refractivity contribution is -0.612. The molecule has 1 aromatic heterocycles. The molecule has 1 aromatic carbocycles. The van der Waals surface area contributed by atoms with Crippen LogP contribution in [0.1, 0.15) is 28.5 Å². The average Bonchev–Trinajstić information content (AvgIpc) is 2.43. The minimum atomic E-state index is -0.461. The van der Waals surface area contributed by atoms with Crippen molar-refractivity contribution < 1.29 is 14.3 Å². The van der Waals surface area contributed by atoms with Crippen molar-refractivity contribution in [2.75, 3.05) is 6.61 Å². The summed E-state index contributed by atoms with van der Waals surface area (Å²) in [5.74, 6) is -0.461. The van der Waals surface area contributed by atoms with Crippen molar-refractivity contribution in [2.45, 2.75) is 20.8 Å². The van der Waals surface area contributed by atoms with Crippen molar-refractivity contribution in [3.63, 3.8) is 0 Å². The molecule has 4 heteroatoms. The molecule has 0 saturated heterocycles. The maximum atomic E-state index is 12.2. The maximum absolute atomic E-state index is 12.2. The van der Waals surface area contributed by atoms with E-state index in [4.69, 9.17) is 4.74 Å². The smallest absolute Gasteiger partial charge is 0.345 e. The molecular weight excluding hydrogens is 254 g/mol. The van der Waals surface area contributed by atoms with E-state index < -0.39 is 5.97 Å². The molecule has 0 spiro atoms. The number of esters is 1. The summed E-state index contributed by atoms with van der Waals surface area (Å²) in [6.45, 7) is 5.47. The van der Waals surface area contributed by atoms with Crippen molar-refractivity contribution >= 4 is 5.97 Å². The van der Waals surface area contributed by atoms with E-state index in [0.717, 1.165) is 16.7 Å². The molecule has 4 nitrogen and oxygen atoms in total. The summed E-state index contributed by atoms with van der Waals surface area (Å²) in [6.07, 6.45) is 1.49. The Hall–Kier alpha value is -2.36. The Balaban J connectivity index is 2.72. The molecule has 0 aliphatic rings. The molecule has 0 radical (unpaired) electrons. The predicted molar refractivity (Wildman–Crippen MR) is 76.3 cm³/mol. The largest absolute Gasteiger partial charge is 0.618 e. The molecule has 0 bridgehead atoms. The van der Waals surface area contributed by atoms with Gasteiger partial charge < -0.3 is 9.94 Å². The molecule has 2 rings (SSSR count). The van der Waals surface area contributed by atoms with Crippen LogP contribution in [0.3, 0.4) is 0 Å². The van der Waals surface area contributed by atoms with Crippen LogP contribution in [0, 0.1) is 19.1 Å². The van der Waals surface area contributed by atoms with Crippen LogP contribution in [0.4, 0.5) is 0 Å². The van der Waals surface area contributed by atoms with Crippen molar-refractivity contribution in [3.8, 4) is 11.1 Å². The lowest BCUT2D eigenvalue weighted by Gasteiger charge is -2.14. The van der Waals surface area contributed by atoms with Crippen LogP contribution in [0.2, 0.25) is 0 Å². The van der Waals surface area contributed by atoms with Gasteiger partial charge in [-0.3, -0.25) is 0 Å². The number of ether oxygens (including phenoxy) is 1. The highest BCUT2D eigenvalue weighted by Gasteiger charge is 2.24. The standard InChI is InChI=1S/C16H17NO3/c1-4-20-16(18)15-12(3)17(19)10-11(2)14(15)13-8-6-5-7-9-13/h5-10H,4H2,1-3H3. The number of benzene rings is 1. The highest BCUT2D eigenvalue weighted by molar-refractivity contribution is 5.98. The van der Waals surface area contributed by atoms with Crippen LogP contribution >= 0.6 is 0 Å². The third-order valence-corrected chi connectivity index (χ3v) is 3.19. The first-order valence-corrected chi connectivity index (χ1v) is 6.52. The monoisotopic (exact) mass is 271 g/mol. The van der Waals surface area contributed by atoms with Crippen LogP contribution in [0.15, 0.2) is 36.5 Å². The van der Waals surface area contributed by atoms with Crippen LogP contribution in [-0.4, -0.2) is 12.6 Å². The summed E-state index contributed by atoms with van der Waals surface area (Å²) < 4.78 is 5.81. The highest BCUT2D eigenvalue weighted by Crippen LogP contribution is 2.28. The summed E-state index contributed by atoms with van der Waals surface area (Å²) >= 11 is 0. The van der Waals surface area contributed by atoms with Crippen molar-refractivity contribution in [3.05, 3.63) is 58.6 Å². The summed E-state index contributed by atoms with van der Waals surface area (Å²) in [7, 11) is 0. The van der Waals surface area contributed by atoms with Gasteiger partial charge in [0.15, 0.2) is 6.20 Å². The van der Waals surface area contributed by atoms with E-state index in [9.17, 15) is 10.0 Å². The summed E-state index contributed by atoms with van der Waals surface area (Å²) in [5, 5.41) is 11.9. The highest BCUT2D eigenvalue weighted by atomic mass is 16.5. The fourth-order valence-electron chi connectivity index (χ4n) is 2.26. The van der Waals surface area contributed by atoms with E-state index >= 15 is 0 Å². The van der Waals surface area contributed by atoms with Crippen molar-refractivity contribution in [1.82, 2.24) is 0 Å². The Morgan fingerprint density at radius 1 is 1.25 bits per heavy atom. The van der Waals surface area contributed by atoms with Crippen LogP contribution in [0.25, 0.3) is 11.1 Å². The lowest BCUT2D eigenvalue weighted by Crippen LogP contribution is -2.33. The number of rotatable bonds is 3. The fraction of sp³-hybridized carbons (Fsp3) is 0.250. The van der Waals surface area contributed by atoms with E-state index in [1.165, 1.54) is 6.20 Å². The molecule has 0 aliphatic heterocycles. The van der Waals surface area contributed by atoms with Gasteiger partial charge in [0.2, 0.25) is 5.69 Å².